The van der Waals surface area contributed by atoms with Crippen LogP contribution in [0.4, 0.5) is 0 Å². The average Bonchev–Trinajstić information content (AvgIpc) is 2.83. The van der Waals surface area contributed by atoms with E-state index >= 15 is 0 Å². The highest BCUT2D eigenvalue weighted by atomic mass is 16.5. The van der Waals surface area contributed by atoms with Crippen LogP contribution in [0.15, 0.2) is 73.1 Å². The summed E-state index contributed by atoms with van der Waals surface area (Å²) in [4.78, 5) is 22.5. The second-order valence-corrected chi connectivity index (χ2v) is 9.25. The molecule has 0 aromatic heterocycles. The lowest BCUT2D eigenvalue weighted by Gasteiger charge is -2.29. The number of carboxylic acids is 1. The molecule has 0 saturated carbocycles. The first-order valence-corrected chi connectivity index (χ1v) is 12.9. The molecule has 0 aliphatic carbocycles. The summed E-state index contributed by atoms with van der Waals surface area (Å²) in [5.74, 6) is -0.990. The van der Waals surface area contributed by atoms with Crippen molar-refractivity contribution in [2.45, 2.75) is 84.7 Å². The zero-order chi connectivity index (χ0) is 27.1. The first kappa shape index (κ1) is 33.1. The summed E-state index contributed by atoms with van der Waals surface area (Å²) in [6.07, 6.45) is 27.8. The predicted molar refractivity (Wildman–Crippen MR) is 148 cm³/mol. The van der Waals surface area contributed by atoms with Gasteiger partial charge in [-0.3, -0.25) is 9.59 Å². The molecule has 0 rings (SSSR count). The highest BCUT2D eigenvalue weighted by molar-refractivity contribution is 5.81. The van der Waals surface area contributed by atoms with E-state index in [0.717, 1.165) is 44.9 Å². The Morgan fingerprint density at radius 3 is 1.89 bits per heavy atom. The van der Waals surface area contributed by atoms with Crippen molar-refractivity contribution in [1.82, 2.24) is 5.32 Å². The van der Waals surface area contributed by atoms with Gasteiger partial charge in [0.15, 0.2) is 0 Å². The number of carbonyl (C=O) groups is 2. The maximum atomic E-state index is 12.0. The summed E-state index contributed by atoms with van der Waals surface area (Å²) >= 11 is 0. The number of hydrogen-bond donors (Lipinski definition) is 3. The highest BCUT2D eigenvalue weighted by Gasteiger charge is 2.34. The Morgan fingerprint density at radius 2 is 1.39 bits per heavy atom. The molecule has 1 amide bonds. The predicted octanol–water partition coefficient (Wildman–Crippen LogP) is 6.42. The number of carboxylic acid groups (broad SMARTS) is 1. The second-order valence-electron chi connectivity index (χ2n) is 9.25. The lowest BCUT2D eigenvalue weighted by molar-refractivity contribution is -0.138. The van der Waals surface area contributed by atoms with Crippen LogP contribution in [0, 0.1) is 5.41 Å². The first-order valence-electron chi connectivity index (χ1n) is 12.9. The van der Waals surface area contributed by atoms with Crippen molar-refractivity contribution in [3.63, 3.8) is 0 Å². The van der Waals surface area contributed by atoms with E-state index in [2.05, 4.69) is 79.6 Å². The number of unbranched alkanes of at least 4 members (excludes halogenated alkanes) is 1. The summed E-state index contributed by atoms with van der Waals surface area (Å²) in [5, 5.41) is 21.3. The normalized spacial score (nSPS) is 13.4. The molecule has 0 radical (unpaired) electrons. The van der Waals surface area contributed by atoms with Crippen molar-refractivity contribution in [1.29, 1.82) is 0 Å². The standard InChI is InChI=1S/C30H47NO5/c1-5-6-7-8-9-10-11-12-13-14-15-16-17-18-19-20-21-22-26(2)36-25-30(3,4)28(34)29(35)31-24-23-27(32)33/h6-7,9-10,12-13,15-16,18-19,28,34H,2,5,8,11,14,17,20-25H2,1,3-4H3,(H,31,35)(H,32,33)/b7-6-,10-9-,13-12-,16-15-,19-18-/t28-/m0/s1. The largest absolute Gasteiger partial charge is 0.498 e. The van der Waals surface area contributed by atoms with Gasteiger partial charge in [-0.2, -0.15) is 0 Å². The Balaban J connectivity index is 3.92. The molecule has 0 aromatic rings. The van der Waals surface area contributed by atoms with E-state index in [9.17, 15) is 14.7 Å². The third-order valence-electron chi connectivity index (χ3n) is 5.26. The SMILES string of the molecule is C=C(CCC/C=C\C/C=C\C/C=C\C/C=C\C/C=C\CC)OCC(C)(C)[C@@H](O)C(=O)NCCC(=O)O. The van der Waals surface area contributed by atoms with Gasteiger partial charge >= 0.3 is 5.97 Å². The van der Waals surface area contributed by atoms with Crippen molar-refractivity contribution < 1.29 is 24.5 Å². The first-order chi connectivity index (χ1) is 17.2. The van der Waals surface area contributed by atoms with Crippen LogP contribution >= 0.6 is 0 Å². The fraction of sp³-hybridized carbons (Fsp3) is 0.533. The molecule has 3 N–H and O–H groups in total. The molecule has 0 spiro atoms. The maximum Gasteiger partial charge on any atom is 0.305 e. The van der Waals surface area contributed by atoms with Crippen molar-refractivity contribution in [2.75, 3.05) is 13.2 Å². The quantitative estimate of drug-likeness (QED) is 0.0958. The van der Waals surface area contributed by atoms with Gasteiger partial charge in [-0.1, -0.05) is 88.1 Å². The molecule has 6 nitrogen and oxygen atoms in total. The molecule has 36 heavy (non-hydrogen) atoms. The van der Waals surface area contributed by atoms with E-state index < -0.39 is 23.4 Å². The number of aliphatic carboxylic acids is 1. The van der Waals surface area contributed by atoms with Gasteiger partial charge in [0.2, 0.25) is 5.91 Å². The summed E-state index contributed by atoms with van der Waals surface area (Å²) in [7, 11) is 0. The molecule has 6 heteroatoms. The number of rotatable bonds is 21. The van der Waals surface area contributed by atoms with Crippen LogP contribution in [-0.2, 0) is 14.3 Å². The smallest absolute Gasteiger partial charge is 0.305 e. The van der Waals surface area contributed by atoms with Crippen LogP contribution in [0.2, 0.25) is 0 Å². The number of ether oxygens (including phenoxy) is 1. The number of hydrogen-bond acceptors (Lipinski definition) is 4. The van der Waals surface area contributed by atoms with Gasteiger partial charge in [0.05, 0.1) is 18.8 Å². The fourth-order valence-electron chi connectivity index (χ4n) is 2.97. The minimum atomic E-state index is -1.31. The van der Waals surface area contributed by atoms with Crippen LogP contribution < -0.4 is 5.32 Å². The van der Waals surface area contributed by atoms with Crippen LogP contribution in [0.5, 0.6) is 0 Å². The summed E-state index contributed by atoms with van der Waals surface area (Å²) in [5.41, 5.74) is -0.833. The number of nitrogens with one attached hydrogen (secondary N) is 1. The fourth-order valence-corrected chi connectivity index (χ4v) is 2.97. The lowest BCUT2D eigenvalue weighted by atomic mass is 9.87. The molecule has 0 aliphatic rings. The Labute approximate surface area is 218 Å². The molecule has 0 heterocycles. The van der Waals surface area contributed by atoms with Gasteiger partial charge in [0.25, 0.3) is 0 Å². The van der Waals surface area contributed by atoms with Crippen LogP contribution in [0.25, 0.3) is 0 Å². The minimum absolute atomic E-state index is 0.0231. The van der Waals surface area contributed by atoms with E-state index in [1.165, 1.54) is 0 Å². The minimum Gasteiger partial charge on any atom is -0.498 e. The van der Waals surface area contributed by atoms with E-state index in [1.54, 1.807) is 13.8 Å². The maximum absolute atomic E-state index is 12.0. The Kier molecular flexibility index (Phi) is 19.7. The van der Waals surface area contributed by atoms with Gasteiger partial charge in [0, 0.05) is 18.4 Å². The van der Waals surface area contributed by atoms with Gasteiger partial charge in [-0.25, -0.2) is 0 Å². The van der Waals surface area contributed by atoms with Crippen molar-refractivity contribution in [3.05, 3.63) is 73.1 Å². The number of aliphatic hydroxyl groups is 1. The molecule has 0 unspecified atom stereocenters. The molecular weight excluding hydrogens is 454 g/mol. The second kappa shape index (κ2) is 21.4. The van der Waals surface area contributed by atoms with Crippen molar-refractivity contribution in [3.8, 4) is 0 Å². The lowest BCUT2D eigenvalue weighted by Crippen LogP contribution is -2.46. The van der Waals surface area contributed by atoms with E-state index in [4.69, 9.17) is 9.84 Å². The van der Waals surface area contributed by atoms with Crippen molar-refractivity contribution in [2.24, 2.45) is 5.41 Å². The molecule has 0 fully saturated rings. The molecule has 0 bridgehead atoms. The van der Waals surface area contributed by atoms with Gasteiger partial charge < -0.3 is 20.3 Å². The molecule has 202 valence electrons. The average molecular weight is 502 g/mol. The van der Waals surface area contributed by atoms with Gasteiger partial charge in [-0.15, -0.1) is 0 Å². The Morgan fingerprint density at radius 1 is 0.889 bits per heavy atom. The molecule has 1 atom stereocenters. The zero-order valence-electron chi connectivity index (χ0n) is 22.5. The Bertz CT molecular complexity index is 774. The van der Waals surface area contributed by atoms with E-state index in [0.29, 0.717) is 12.2 Å². The highest BCUT2D eigenvalue weighted by Crippen LogP contribution is 2.23. The number of aliphatic hydroxyl groups excluding tert-OH is 1. The summed E-state index contributed by atoms with van der Waals surface area (Å²) in [6.45, 7) is 9.62. The molecule has 0 aromatic carbocycles. The van der Waals surface area contributed by atoms with E-state index in [1.807, 2.05) is 0 Å². The summed E-state index contributed by atoms with van der Waals surface area (Å²) < 4.78 is 5.67. The van der Waals surface area contributed by atoms with Gasteiger partial charge in [-0.05, 0) is 44.9 Å². The number of carbonyl (C=O) groups excluding carboxylic acids is 1. The van der Waals surface area contributed by atoms with Crippen LogP contribution in [0.1, 0.15) is 78.6 Å². The van der Waals surface area contributed by atoms with Gasteiger partial charge in [0.1, 0.15) is 6.10 Å². The molecule has 0 saturated heterocycles. The van der Waals surface area contributed by atoms with Crippen molar-refractivity contribution >= 4 is 11.9 Å². The molecule has 0 aliphatic heterocycles. The number of amides is 1. The third-order valence-corrected chi connectivity index (χ3v) is 5.26. The van der Waals surface area contributed by atoms with Crippen LogP contribution in [0.3, 0.4) is 0 Å². The van der Waals surface area contributed by atoms with E-state index in [-0.39, 0.29) is 19.6 Å². The summed E-state index contributed by atoms with van der Waals surface area (Å²) in [6, 6.07) is 0. The Hall–Kier alpha value is -2.86. The third kappa shape index (κ3) is 19.4. The zero-order valence-corrected chi connectivity index (χ0v) is 22.5. The monoisotopic (exact) mass is 501 g/mol. The number of allylic oxidation sites excluding steroid dienone is 11. The van der Waals surface area contributed by atoms with Crippen LogP contribution in [-0.4, -0.2) is 41.3 Å². The topological polar surface area (TPSA) is 95.9 Å². The molecular formula is C30H47NO5.